The van der Waals surface area contributed by atoms with Gasteiger partial charge in [0, 0.05) is 36.2 Å². The highest BCUT2D eigenvalue weighted by Crippen LogP contribution is 2.24. The van der Waals surface area contributed by atoms with Crippen LogP contribution in [0, 0.1) is 5.92 Å². The van der Waals surface area contributed by atoms with E-state index in [2.05, 4.69) is 55.7 Å². The topological polar surface area (TPSA) is 44.4 Å². The lowest BCUT2D eigenvalue weighted by Gasteiger charge is -2.19. The van der Waals surface area contributed by atoms with Crippen molar-refractivity contribution in [2.75, 3.05) is 38.1 Å². The molecule has 1 atom stereocenters. The lowest BCUT2D eigenvalue weighted by Crippen LogP contribution is -2.31. The summed E-state index contributed by atoms with van der Waals surface area (Å²) in [5.41, 5.74) is 1.26. The van der Waals surface area contributed by atoms with Gasteiger partial charge in [-0.15, -0.1) is 0 Å². The summed E-state index contributed by atoms with van der Waals surface area (Å²) in [7, 11) is 1.91. The molecule has 1 aliphatic rings. The fraction of sp³-hybridized carbons (Fsp3) is 0.562. The third kappa shape index (κ3) is 5.32. The first-order valence-corrected chi connectivity index (χ1v) is 8.40. The summed E-state index contributed by atoms with van der Waals surface area (Å²) in [6.07, 6.45) is 2.66. The number of nitrogens with one attached hydrogen (secondary N) is 2. The SMILES string of the molecule is CNCCCC(=O)NCC1CCN(c2ccc(Br)cc2)C1. The van der Waals surface area contributed by atoms with E-state index in [-0.39, 0.29) is 5.91 Å². The lowest BCUT2D eigenvalue weighted by molar-refractivity contribution is -0.121. The van der Waals surface area contributed by atoms with Crippen molar-refractivity contribution in [3.05, 3.63) is 28.7 Å². The molecular weight excluding hydrogens is 330 g/mol. The molecule has 5 heteroatoms. The van der Waals surface area contributed by atoms with E-state index in [1.54, 1.807) is 0 Å². The van der Waals surface area contributed by atoms with E-state index in [0.29, 0.717) is 12.3 Å². The van der Waals surface area contributed by atoms with Crippen LogP contribution in [0.25, 0.3) is 0 Å². The maximum Gasteiger partial charge on any atom is 0.220 e. The first-order chi connectivity index (χ1) is 10.2. The molecule has 1 heterocycles. The second-order valence-electron chi connectivity index (χ2n) is 5.59. The van der Waals surface area contributed by atoms with Gasteiger partial charge in [0.05, 0.1) is 0 Å². The molecule has 21 heavy (non-hydrogen) atoms. The van der Waals surface area contributed by atoms with Crippen LogP contribution < -0.4 is 15.5 Å². The summed E-state index contributed by atoms with van der Waals surface area (Å²) in [6, 6.07) is 8.43. The third-order valence-corrected chi connectivity index (χ3v) is 4.42. The highest BCUT2D eigenvalue weighted by Gasteiger charge is 2.22. The van der Waals surface area contributed by atoms with Crippen LogP contribution in [0.5, 0.6) is 0 Å². The maximum atomic E-state index is 11.7. The molecular formula is C16H24BrN3O. The molecule has 0 saturated carbocycles. The van der Waals surface area contributed by atoms with Crippen LogP contribution in [-0.2, 0) is 4.79 Å². The molecule has 1 fully saturated rings. The Morgan fingerprint density at radius 3 is 2.86 bits per heavy atom. The van der Waals surface area contributed by atoms with Crippen molar-refractivity contribution in [2.24, 2.45) is 5.92 Å². The second kappa shape index (κ2) is 8.39. The van der Waals surface area contributed by atoms with Gasteiger partial charge >= 0.3 is 0 Å². The van der Waals surface area contributed by atoms with Gasteiger partial charge in [-0.2, -0.15) is 0 Å². The average Bonchev–Trinajstić information content (AvgIpc) is 2.95. The normalized spacial score (nSPS) is 18.0. The van der Waals surface area contributed by atoms with Gasteiger partial charge in [0.15, 0.2) is 0 Å². The van der Waals surface area contributed by atoms with Crippen LogP contribution >= 0.6 is 15.9 Å². The van der Waals surface area contributed by atoms with Gasteiger partial charge in [-0.05, 0) is 56.6 Å². The van der Waals surface area contributed by atoms with Gasteiger partial charge in [-0.1, -0.05) is 15.9 Å². The molecule has 1 amide bonds. The van der Waals surface area contributed by atoms with Crippen molar-refractivity contribution in [3.8, 4) is 0 Å². The van der Waals surface area contributed by atoms with Crippen LogP contribution in [0.3, 0.4) is 0 Å². The molecule has 1 aliphatic heterocycles. The van der Waals surface area contributed by atoms with Gasteiger partial charge in [0.25, 0.3) is 0 Å². The first-order valence-electron chi connectivity index (χ1n) is 7.61. The number of hydrogen-bond donors (Lipinski definition) is 2. The number of amides is 1. The van der Waals surface area contributed by atoms with Gasteiger partial charge < -0.3 is 15.5 Å². The minimum absolute atomic E-state index is 0.173. The summed E-state index contributed by atoms with van der Waals surface area (Å²) in [5.74, 6) is 0.731. The maximum absolute atomic E-state index is 11.7. The van der Waals surface area contributed by atoms with Crippen LogP contribution in [-0.4, -0.2) is 39.1 Å². The summed E-state index contributed by atoms with van der Waals surface area (Å²) < 4.78 is 1.11. The van der Waals surface area contributed by atoms with Crippen molar-refractivity contribution >= 4 is 27.5 Å². The molecule has 2 N–H and O–H groups in total. The zero-order chi connectivity index (χ0) is 15.1. The first kappa shape index (κ1) is 16.3. The molecule has 1 unspecified atom stereocenters. The van der Waals surface area contributed by atoms with Crippen molar-refractivity contribution in [1.29, 1.82) is 0 Å². The summed E-state index contributed by atoms with van der Waals surface area (Å²) in [6.45, 7) is 3.79. The Bertz CT molecular complexity index is 449. The second-order valence-corrected chi connectivity index (χ2v) is 6.50. The van der Waals surface area contributed by atoms with Crippen LogP contribution in [0.1, 0.15) is 19.3 Å². The number of nitrogens with zero attached hydrogens (tertiary/aromatic N) is 1. The number of carbonyl (C=O) groups excluding carboxylic acids is 1. The Kier molecular flexibility index (Phi) is 6.51. The number of carbonyl (C=O) groups is 1. The Morgan fingerprint density at radius 2 is 2.14 bits per heavy atom. The van der Waals surface area contributed by atoms with E-state index in [4.69, 9.17) is 0 Å². The Labute approximate surface area is 135 Å². The Balaban J connectivity index is 1.70. The predicted octanol–water partition coefficient (Wildman–Crippen LogP) is 2.39. The lowest BCUT2D eigenvalue weighted by atomic mass is 10.1. The smallest absolute Gasteiger partial charge is 0.220 e. The number of rotatable bonds is 7. The predicted molar refractivity (Wildman–Crippen MR) is 90.6 cm³/mol. The molecule has 4 nitrogen and oxygen atoms in total. The van der Waals surface area contributed by atoms with Crippen molar-refractivity contribution < 1.29 is 4.79 Å². The third-order valence-electron chi connectivity index (χ3n) is 3.90. The van der Waals surface area contributed by atoms with Gasteiger partial charge in [-0.25, -0.2) is 0 Å². The molecule has 2 rings (SSSR count). The molecule has 0 spiro atoms. The molecule has 0 radical (unpaired) electrons. The van der Waals surface area contributed by atoms with E-state index >= 15 is 0 Å². The van der Waals surface area contributed by atoms with Crippen LogP contribution in [0.2, 0.25) is 0 Å². The van der Waals surface area contributed by atoms with Gasteiger partial charge in [-0.3, -0.25) is 4.79 Å². The highest BCUT2D eigenvalue weighted by atomic mass is 79.9. The largest absolute Gasteiger partial charge is 0.371 e. The van der Waals surface area contributed by atoms with Crippen LogP contribution in [0.15, 0.2) is 28.7 Å². The Morgan fingerprint density at radius 1 is 1.38 bits per heavy atom. The van der Waals surface area contributed by atoms with Gasteiger partial charge in [0.2, 0.25) is 5.91 Å². The van der Waals surface area contributed by atoms with Crippen LogP contribution in [0.4, 0.5) is 5.69 Å². The number of anilines is 1. The fourth-order valence-electron chi connectivity index (χ4n) is 2.66. The van der Waals surface area contributed by atoms with E-state index < -0.39 is 0 Å². The molecule has 0 aromatic heterocycles. The number of hydrogen-bond acceptors (Lipinski definition) is 3. The van der Waals surface area contributed by atoms with E-state index in [0.717, 1.165) is 43.5 Å². The monoisotopic (exact) mass is 353 g/mol. The minimum Gasteiger partial charge on any atom is -0.371 e. The molecule has 1 aromatic rings. The minimum atomic E-state index is 0.173. The van der Waals surface area contributed by atoms with Gasteiger partial charge in [0.1, 0.15) is 0 Å². The highest BCUT2D eigenvalue weighted by molar-refractivity contribution is 9.10. The molecule has 0 aliphatic carbocycles. The standard InChI is InChI=1S/C16H24BrN3O/c1-18-9-2-3-16(21)19-11-13-8-10-20(12-13)15-6-4-14(17)5-7-15/h4-7,13,18H,2-3,8-12H2,1H3,(H,19,21). The molecule has 1 aromatic carbocycles. The molecule has 0 bridgehead atoms. The molecule has 116 valence electrons. The number of halogens is 1. The zero-order valence-electron chi connectivity index (χ0n) is 12.6. The van der Waals surface area contributed by atoms with Crippen molar-refractivity contribution in [2.45, 2.75) is 19.3 Å². The van der Waals surface area contributed by atoms with E-state index in [1.807, 2.05) is 7.05 Å². The summed E-state index contributed by atoms with van der Waals surface area (Å²) in [4.78, 5) is 14.1. The fourth-order valence-corrected chi connectivity index (χ4v) is 2.92. The average molecular weight is 354 g/mol. The van der Waals surface area contributed by atoms with Crippen molar-refractivity contribution in [3.63, 3.8) is 0 Å². The van der Waals surface area contributed by atoms with E-state index in [1.165, 1.54) is 5.69 Å². The summed E-state index contributed by atoms with van der Waals surface area (Å²) >= 11 is 3.46. The van der Waals surface area contributed by atoms with Crippen molar-refractivity contribution in [1.82, 2.24) is 10.6 Å². The van der Waals surface area contributed by atoms with E-state index in [9.17, 15) is 4.79 Å². The number of benzene rings is 1. The quantitative estimate of drug-likeness (QED) is 0.739. The molecule has 1 saturated heterocycles. The Hall–Kier alpha value is -1.07. The zero-order valence-corrected chi connectivity index (χ0v) is 14.2. The summed E-state index contributed by atoms with van der Waals surface area (Å²) in [5, 5.41) is 6.12.